The molecule has 0 radical (unpaired) electrons. The highest BCUT2D eigenvalue weighted by molar-refractivity contribution is 5.72. The first-order valence-corrected chi connectivity index (χ1v) is 3.06. The molecule has 0 bridgehead atoms. The molecular weight excluding hydrogens is 164 g/mol. The van der Waals surface area contributed by atoms with Crippen molar-refractivity contribution < 1.29 is 24.6 Å². The topological polar surface area (TPSA) is 91.7 Å². The molecule has 2 N–H and O–H groups in total. The second-order valence-electron chi connectivity index (χ2n) is 2.10. The number of carbonyl (C=O) groups excluding carboxylic acids is 2. The number of rotatable bonds is 0. The van der Waals surface area contributed by atoms with Crippen LogP contribution < -0.4 is 0 Å². The van der Waals surface area contributed by atoms with Gasteiger partial charge in [0.15, 0.2) is 0 Å². The van der Waals surface area contributed by atoms with Gasteiger partial charge in [-0.1, -0.05) is 0 Å². The zero-order valence-electron chi connectivity index (χ0n) is 7.62. The van der Waals surface area contributed by atoms with Gasteiger partial charge in [-0.05, 0) is 27.7 Å². The van der Waals surface area contributed by atoms with Crippen molar-refractivity contribution in [3.63, 3.8) is 0 Å². The molecule has 5 nitrogen and oxygen atoms in total. The fourth-order valence-electron chi connectivity index (χ4n) is 0. The highest BCUT2D eigenvalue weighted by Crippen LogP contribution is 1.50. The Hall–Kier alpha value is -1.39. The summed E-state index contributed by atoms with van der Waals surface area (Å²) in [6, 6.07) is 0. The molecule has 72 valence electrons. The molecule has 0 unspecified atom stereocenters. The molecule has 0 fully saturated rings. The first kappa shape index (κ1) is 16.9. The molecular formula is C7H14O5. The van der Waals surface area contributed by atoms with Gasteiger partial charge in [-0.2, -0.15) is 0 Å². The van der Waals surface area contributed by atoms with Crippen molar-refractivity contribution in [3.8, 4) is 0 Å². The van der Waals surface area contributed by atoms with Crippen LogP contribution in [0.4, 0.5) is 4.79 Å². The second kappa shape index (κ2) is 12.3. The van der Waals surface area contributed by atoms with Crippen molar-refractivity contribution in [3.05, 3.63) is 0 Å². The fourth-order valence-corrected chi connectivity index (χ4v) is 0. The Morgan fingerprint density at radius 2 is 0.750 bits per heavy atom. The SMILES string of the molecule is CC(C)=O.CC(C)=O.O=C(O)O. The van der Waals surface area contributed by atoms with Crippen LogP contribution in [0, 0.1) is 0 Å². The van der Waals surface area contributed by atoms with Gasteiger partial charge in [0.25, 0.3) is 0 Å². The smallest absolute Gasteiger partial charge is 0.450 e. The molecule has 0 amide bonds. The van der Waals surface area contributed by atoms with Crippen LogP contribution in [-0.4, -0.2) is 27.9 Å². The maximum Gasteiger partial charge on any atom is 0.503 e. The predicted molar refractivity (Wildman–Crippen MR) is 43.4 cm³/mol. The molecule has 0 aromatic rings. The summed E-state index contributed by atoms with van der Waals surface area (Å²) in [6.45, 7) is 6.11. The lowest BCUT2D eigenvalue weighted by Crippen LogP contribution is -1.81. The first-order chi connectivity index (χ1) is 5.20. The van der Waals surface area contributed by atoms with Crippen molar-refractivity contribution in [2.24, 2.45) is 0 Å². The van der Waals surface area contributed by atoms with Gasteiger partial charge < -0.3 is 19.8 Å². The Morgan fingerprint density at radius 3 is 0.750 bits per heavy atom. The van der Waals surface area contributed by atoms with Crippen LogP contribution in [0.2, 0.25) is 0 Å². The summed E-state index contributed by atoms with van der Waals surface area (Å²) in [5.74, 6) is 0.333. The normalized spacial score (nSPS) is 6.33. The van der Waals surface area contributed by atoms with Gasteiger partial charge in [0.2, 0.25) is 0 Å². The lowest BCUT2D eigenvalue weighted by Gasteiger charge is -1.60. The quantitative estimate of drug-likeness (QED) is 0.585. The van der Waals surface area contributed by atoms with E-state index in [1.807, 2.05) is 0 Å². The Bertz CT molecular complexity index is 109. The summed E-state index contributed by atoms with van der Waals surface area (Å²) in [5.41, 5.74) is 0. The number of hydrogen-bond donors (Lipinski definition) is 2. The fraction of sp³-hybridized carbons (Fsp3) is 0.571. The lowest BCUT2D eigenvalue weighted by atomic mass is 10.6. The van der Waals surface area contributed by atoms with Gasteiger partial charge in [0.1, 0.15) is 11.6 Å². The monoisotopic (exact) mass is 178 g/mol. The molecule has 0 aliphatic rings. The summed E-state index contributed by atoms with van der Waals surface area (Å²) < 4.78 is 0. The average molecular weight is 178 g/mol. The number of ketones is 2. The average Bonchev–Trinajstić information content (AvgIpc) is 1.54. The van der Waals surface area contributed by atoms with Gasteiger partial charge in [-0.3, -0.25) is 0 Å². The minimum atomic E-state index is -1.83. The van der Waals surface area contributed by atoms with E-state index in [0.717, 1.165) is 0 Å². The highest BCUT2D eigenvalue weighted by atomic mass is 16.6. The number of carboxylic acid groups (broad SMARTS) is 2. The van der Waals surface area contributed by atoms with Crippen LogP contribution in [-0.2, 0) is 9.59 Å². The van der Waals surface area contributed by atoms with E-state index in [9.17, 15) is 9.59 Å². The third-order valence-electron chi connectivity index (χ3n) is 0. The minimum absolute atomic E-state index is 0.167. The molecule has 12 heavy (non-hydrogen) atoms. The molecule has 0 heterocycles. The molecule has 5 heteroatoms. The Balaban J connectivity index is -0.000000101. The van der Waals surface area contributed by atoms with Crippen LogP contribution in [0.25, 0.3) is 0 Å². The van der Waals surface area contributed by atoms with E-state index in [2.05, 4.69) is 0 Å². The molecule has 0 rings (SSSR count). The van der Waals surface area contributed by atoms with E-state index in [1.54, 1.807) is 0 Å². The van der Waals surface area contributed by atoms with Crippen LogP contribution in [0.3, 0.4) is 0 Å². The maximum atomic E-state index is 9.44. The molecule has 0 spiro atoms. The lowest BCUT2D eigenvalue weighted by molar-refractivity contribution is -0.115. The zero-order valence-corrected chi connectivity index (χ0v) is 7.62. The second-order valence-corrected chi connectivity index (χ2v) is 2.10. The summed E-state index contributed by atoms with van der Waals surface area (Å²) in [4.78, 5) is 27.4. The highest BCUT2D eigenvalue weighted by Gasteiger charge is 1.70. The van der Waals surface area contributed by atoms with Crippen LogP contribution in [0.5, 0.6) is 0 Å². The third kappa shape index (κ3) is 258. The maximum absolute atomic E-state index is 9.44. The summed E-state index contributed by atoms with van der Waals surface area (Å²) in [5, 5.41) is 13.9. The molecule has 0 saturated carbocycles. The summed E-state index contributed by atoms with van der Waals surface area (Å²) >= 11 is 0. The van der Waals surface area contributed by atoms with Crippen molar-refractivity contribution in [1.82, 2.24) is 0 Å². The largest absolute Gasteiger partial charge is 0.503 e. The van der Waals surface area contributed by atoms with Crippen LogP contribution in [0.15, 0.2) is 0 Å². The van der Waals surface area contributed by atoms with E-state index in [1.165, 1.54) is 27.7 Å². The number of hydrogen-bond acceptors (Lipinski definition) is 3. The van der Waals surface area contributed by atoms with Crippen LogP contribution in [0.1, 0.15) is 27.7 Å². The van der Waals surface area contributed by atoms with Crippen LogP contribution >= 0.6 is 0 Å². The Morgan fingerprint density at radius 1 is 0.750 bits per heavy atom. The minimum Gasteiger partial charge on any atom is -0.450 e. The Labute approximate surface area is 71.0 Å². The predicted octanol–water partition coefficient (Wildman–Crippen LogP) is 1.41. The van der Waals surface area contributed by atoms with Crippen molar-refractivity contribution >= 4 is 17.7 Å². The summed E-state index contributed by atoms with van der Waals surface area (Å²) in [7, 11) is 0. The van der Waals surface area contributed by atoms with Crippen molar-refractivity contribution in [2.45, 2.75) is 27.7 Å². The van der Waals surface area contributed by atoms with E-state index < -0.39 is 6.16 Å². The third-order valence-corrected chi connectivity index (χ3v) is 0. The standard InChI is InChI=1S/2C3H6O.CH2O3/c2*1-3(2)4;2-1(3)4/h2*1-2H3;(H2,2,3,4). The Kier molecular flexibility index (Phi) is 17.3. The van der Waals surface area contributed by atoms with Crippen molar-refractivity contribution in [2.75, 3.05) is 0 Å². The number of carbonyl (C=O) groups is 3. The van der Waals surface area contributed by atoms with Gasteiger partial charge in [-0.15, -0.1) is 0 Å². The molecule has 0 aromatic heterocycles. The first-order valence-electron chi connectivity index (χ1n) is 3.06. The van der Waals surface area contributed by atoms with E-state index in [-0.39, 0.29) is 11.6 Å². The van der Waals surface area contributed by atoms with E-state index >= 15 is 0 Å². The molecule has 0 aromatic carbocycles. The molecule has 0 aliphatic heterocycles. The number of Topliss-reactive ketones (excluding diaryl/α,β-unsaturated/α-hetero) is 2. The van der Waals surface area contributed by atoms with Gasteiger partial charge in [-0.25, -0.2) is 4.79 Å². The van der Waals surface area contributed by atoms with Gasteiger partial charge >= 0.3 is 6.16 Å². The molecule has 0 atom stereocenters. The summed E-state index contributed by atoms with van der Waals surface area (Å²) in [6.07, 6.45) is -1.83. The molecule has 0 saturated heterocycles. The van der Waals surface area contributed by atoms with E-state index in [0.29, 0.717) is 0 Å². The molecule has 0 aliphatic carbocycles. The zero-order chi connectivity index (χ0) is 10.7. The van der Waals surface area contributed by atoms with Crippen molar-refractivity contribution in [1.29, 1.82) is 0 Å². The van der Waals surface area contributed by atoms with Gasteiger partial charge in [0.05, 0.1) is 0 Å². The van der Waals surface area contributed by atoms with E-state index in [4.69, 9.17) is 15.0 Å². The van der Waals surface area contributed by atoms with Gasteiger partial charge in [0, 0.05) is 0 Å².